The minimum absolute atomic E-state index is 0.886. The van der Waals surface area contributed by atoms with Gasteiger partial charge in [-0.15, -0.1) is 45.3 Å². The van der Waals surface area contributed by atoms with Crippen LogP contribution in [0.1, 0.15) is 0 Å². The van der Waals surface area contributed by atoms with Crippen LogP contribution in [-0.2, 0) is 0 Å². The highest BCUT2D eigenvalue weighted by atomic mass is 32.2. The lowest BCUT2D eigenvalue weighted by Gasteiger charge is -1.87. The molecule has 0 saturated carbocycles. The molecule has 0 aliphatic rings. The van der Waals surface area contributed by atoms with Crippen LogP contribution in [0.15, 0.2) is 35.0 Å². The summed E-state index contributed by atoms with van der Waals surface area (Å²) >= 11 is 6.91. The molecule has 0 fully saturated rings. The molecule has 4 aromatic rings. The van der Waals surface area contributed by atoms with Gasteiger partial charge in [0.1, 0.15) is 14.0 Å². The predicted molar refractivity (Wildman–Crippen MR) is 81.9 cm³/mol. The van der Waals surface area contributed by atoms with Crippen LogP contribution in [0.25, 0.3) is 29.4 Å². The lowest BCUT2D eigenvalue weighted by molar-refractivity contribution is 1.38. The Kier molecular flexibility index (Phi) is 2.54. The first-order valence-electron chi connectivity index (χ1n) is 5.25. The van der Waals surface area contributed by atoms with Gasteiger partial charge in [-0.25, -0.2) is 9.97 Å². The molecule has 0 aromatic carbocycles. The minimum Gasteiger partial charge on any atom is -0.215 e. The quantitative estimate of drug-likeness (QED) is 0.508. The predicted octanol–water partition coefficient (Wildman–Crippen LogP) is 5.21. The Morgan fingerprint density at radius 2 is 1.33 bits per heavy atom. The van der Waals surface area contributed by atoms with Crippen molar-refractivity contribution in [2.24, 2.45) is 0 Å². The maximum Gasteiger partial charge on any atom is 0.182 e. The molecule has 6 heteroatoms. The maximum absolute atomic E-state index is 4.62. The van der Waals surface area contributed by atoms with Gasteiger partial charge in [0.25, 0.3) is 0 Å². The highest BCUT2D eigenvalue weighted by molar-refractivity contribution is 7.41. The van der Waals surface area contributed by atoms with Crippen LogP contribution in [-0.4, -0.2) is 9.97 Å². The van der Waals surface area contributed by atoms with Crippen LogP contribution < -0.4 is 0 Å². The van der Waals surface area contributed by atoms with Crippen LogP contribution in [0, 0.1) is 0 Å². The Bertz CT molecular complexity index is 682. The highest BCUT2D eigenvalue weighted by Crippen LogP contribution is 2.39. The molecule has 0 aliphatic carbocycles. The van der Waals surface area contributed by atoms with Crippen molar-refractivity contribution in [2.45, 2.75) is 0 Å². The van der Waals surface area contributed by atoms with E-state index in [-0.39, 0.29) is 0 Å². The zero-order valence-electron chi connectivity index (χ0n) is 8.99. The van der Waals surface area contributed by atoms with Crippen LogP contribution in [0.2, 0.25) is 0 Å². The Morgan fingerprint density at radius 1 is 0.778 bits per heavy atom. The van der Waals surface area contributed by atoms with Crippen LogP contribution in [0.5, 0.6) is 0 Å². The molecule has 0 bridgehead atoms. The summed E-state index contributed by atoms with van der Waals surface area (Å²) in [5.41, 5.74) is 0.886. The van der Waals surface area contributed by atoms with Gasteiger partial charge in [-0.05, 0) is 22.9 Å². The summed E-state index contributed by atoms with van der Waals surface area (Å²) in [4.78, 5) is 11.7. The molecular formula is C12H6N2S4. The fraction of sp³-hybridized carbons (Fsp3) is 0. The highest BCUT2D eigenvalue weighted by Gasteiger charge is 2.13. The van der Waals surface area contributed by atoms with Crippen molar-refractivity contribution in [1.82, 2.24) is 9.97 Å². The molecule has 0 spiro atoms. The van der Waals surface area contributed by atoms with Crippen LogP contribution >= 0.6 is 45.3 Å². The monoisotopic (exact) mass is 306 g/mol. The topological polar surface area (TPSA) is 25.8 Å². The number of hydrogen-bond acceptors (Lipinski definition) is 6. The molecule has 0 unspecified atom stereocenters. The summed E-state index contributed by atoms with van der Waals surface area (Å²) in [7, 11) is 0. The lowest BCUT2D eigenvalue weighted by atomic mass is 10.5. The van der Waals surface area contributed by atoms with E-state index in [1.165, 1.54) is 13.8 Å². The number of thiazole rings is 2. The van der Waals surface area contributed by atoms with E-state index in [2.05, 4.69) is 45.0 Å². The van der Waals surface area contributed by atoms with E-state index in [0.717, 1.165) is 15.7 Å². The van der Waals surface area contributed by atoms with Crippen molar-refractivity contribution >= 4 is 55.0 Å². The summed E-state index contributed by atoms with van der Waals surface area (Å²) in [6.45, 7) is 0. The van der Waals surface area contributed by atoms with Gasteiger partial charge >= 0.3 is 0 Å². The van der Waals surface area contributed by atoms with Gasteiger partial charge in [0.15, 0.2) is 5.65 Å². The number of rotatable bonds is 2. The Hall–Kier alpha value is -1.08. The average molecular weight is 306 g/mol. The zero-order valence-corrected chi connectivity index (χ0v) is 12.3. The second-order valence-corrected chi connectivity index (χ2v) is 7.76. The van der Waals surface area contributed by atoms with Gasteiger partial charge in [0, 0.05) is 0 Å². The van der Waals surface area contributed by atoms with Gasteiger partial charge in [0.2, 0.25) is 0 Å². The van der Waals surface area contributed by atoms with E-state index in [0.29, 0.717) is 0 Å². The Labute approximate surface area is 119 Å². The van der Waals surface area contributed by atoms with Crippen molar-refractivity contribution in [3.05, 3.63) is 35.0 Å². The van der Waals surface area contributed by atoms with Crippen molar-refractivity contribution in [1.29, 1.82) is 0 Å². The second-order valence-electron chi connectivity index (χ2n) is 3.60. The van der Waals surface area contributed by atoms with Gasteiger partial charge in [0.05, 0.1) is 9.75 Å². The Morgan fingerprint density at radius 3 is 1.72 bits per heavy atom. The zero-order chi connectivity index (χ0) is 11.9. The summed E-state index contributed by atoms with van der Waals surface area (Å²) in [5, 5.41) is 6.32. The molecule has 18 heavy (non-hydrogen) atoms. The van der Waals surface area contributed by atoms with Crippen molar-refractivity contribution < 1.29 is 0 Å². The van der Waals surface area contributed by atoms with Crippen LogP contribution in [0.4, 0.5) is 0 Å². The standard InChI is InChI=1S/C12H6N2S4/c1-3-7(15-5-1)10-13-9-12(17-10)18-11(14-9)8-4-2-6-16-8/h1-6H. The average Bonchev–Trinajstić information content (AvgIpc) is 3.13. The van der Waals surface area contributed by atoms with Crippen molar-refractivity contribution in [3.8, 4) is 19.8 Å². The molecule has 88 valence electrons. The first-order valence-corrected chi connectivity index (χ1v) is 8.64. The summed E-state index contributed by atoms with van der Waals surface area (Å²) in [5.74, 6) is 0. The largest absolute Gasteiger partial charge is 0.215 e. The third kappa shape index (κ3) is 1.73. The summed E-state index contributed by atoms with van der Waals surface area (Å²) < 4.78 is 1.21. The van der Waals surface area contributed by atoms with Crippen LogP contribution in [0.3, 0.4) is 0 Å². The van der Waals surface area contributed by atoms with E-state index >= 15 is 0 Å². The van der Waals surface area contributed by atoms with E-state index in [4.69, 9.17) is 0 Å². The molecule has 0 radical (unpaired) electrons. The molecule has 0 N–H and O–H groups in total. The third-order valence-electron chi connectivity index (χ3n) is 2.44. The molecule has 0 atom stereocenters. The van der Waals surface area contributed by atoms with E-state index in [9.17, 15) is 0 Å². The normalized spacial score (nSPS) is 11.3. The number of nitrogens with zero attached hydrogens (tertiary/aromatic N) is 2. The SMILES string of the molecule is c1csc(-c2nc3nc(-c4cccs4)sc3s2)c1. The number of aromatic nitrogens is 2. The number of fused-ring (bicyclic) bond motifs is 1. The second kappa shape index (κ2) is 4.24. The lowest BCUT2D eigenvalue weighted by Crippen LogP contribution is -1.72. The molecule has 0 saturated heterocycles. The fourth-order valence-corrected chi connectivity index (χ4v) is 5.36. The van der Waals surface area contributed by atoms with Gasteiger partial charge in [-0.1, -0.05) is 12.1 Å². The Balaban J connectivity index is 1.82. The first-order chi connectivity index (χ1) is 8.90. The fourth-order valence-electron chi connectivity index (χ4n) is 1.65. The van der Waals surface area contributed by atoms with Crippen molar-refractivity contribution in [2.75, 3.05) is 0 Å². The molecular weight excluding hydrogens is 300 g/mol. The van der Waals surface area contributed by atoms with E-state index in [1.54, 1.807) is 45.3 Å². The van der Waals surface area contributed by atoms with Gasteiger partial charge in [-0.3, -0.25) is 0 Å². The third-order valence-corrected chi connectivity index (χ3v) is 6.70. The first kappa shape index (κ1) is 10.8. The molecule has 2 nitrogen and oxygen atoms in total. The maximum atomic E-state index is 4.62. The van der Waals surface area contributed by atoms with E-state index in [1.807, 2.05) is 0 Å². The van der Waals surface area contributed by atoms with Crippen molar-refractivity contribution in [3.63, 3.8) is 0 Å². The van der Waals surface area contributed by atoms with Gasteiger partial charge in [-0.2, -0.15) is 0 Å². The molecule has 0 amide bonds. The molecule has 0 aliphatic heterocycles. The summed E-state index contributed by atoms with van der Waals surface area (Å²) in [6, 6.07) is 8.32. The number of hydrogen-bond donors (Lipinski definition) is 0. The number of thiophene rings is 2. The minimum atomic E-state index is 0.886. The molecule has 4 heterocycles. The summed E-state index contributed by atoms with van der Waals surface area (Å²) in [6.07, 6.45) is 0. The molecule has 4 aromatic heterocycles. The molecule has 4 rings (SSSR count). The smallest absolute Gasteiger partial charge is 0.182 e. The van der Waals surface area contributed by atoms with E-state index < -0.39 is 0 Å². The van der Waals surface area contributed by atoms with Gasteiger partial charge < -0.3 is 0 Å².